The van der Waals surface area contributed by atoms with Crippen molar-refractivity contribution in [1.29, 1.82) is 0 Å². The SMILES string of the molecule is CCN1CCSC1=CC=C1CC[n+]2c1n(CC)c1ccccc12.[I-]. The Morgan fingerprint density at radius 3 is 2.79 bits per heavy atom. The molecular weight excluding hydrogens is 429 g/mol. The van der Waals surface area contributed by atoms with Crippen molar-refractivity contribution in [3.8, 4) is 0 Å². The van der Waals surface area contributed by atoms with Crippen LogP contribution in [0.3, 0.4) is 0 Å². The summed E-state index contributed by atoms with van der Waals surface area (Å²) in [6.45, 7) is 8.90. The predicted molar refractivity (Wildman–Crippen MR) is 98.2 cm³/mol. The minimum atomic E-state index is 0. The lowest BCUT2D eigenvalue weighted by molar-refractivity contribution is -0.664. The zero-order valence-corrected chi connectivity index (χ0v) is 17.3. The monoisotopic (exact) mass is 453 g/mol. The van der Waals surface area contributed by atoms with E-state index in [0.717, 1.165) is 26.1 Å². The van der Waals surface area contributed by atoms with E-state index in [0.29, 0.717) is 0 Å². The minimum Gasteiger partial charge on any atom is -1.00 e. The van der Waals surface area contributed by atoms with Crippen LogP contribution in [0.4, 0.5) is 0 Å². The molecule has 0 saturated carbocycles. The number of benzene rings is 1. The summed E-state index contributed by atoms with van der Waals surface area (Å²) in [6.07, 6.45) is 5.84. The van der Waals surface area contributed by atoms with Crippen molar-refractivity contribution in [2.75, 3.05) is 18.8 Å². The van der Waals surface area contributed by atoms with E-state index in [-0.39, 0.29) is 24.0 Å². The van der Waals surface area contributed by atoms with E-state index in [1.807, 2.05) is 11.8 Å². The van der Waals surface area contributed by atoms with Crippen molar-refractivity contribution >= 4 is 28.4 Å². The summed E-state index contributed by atoms with van der Waals surface area (Å²) in [5.41, 5.74) is 4.19. The van der Waals surface area contributed by atoms with Crippen molar-refractivity contribution in [1.82, 2.24) is 9.47 Å². The van der Waals surface area contributed by atoms with E-state index < -0.39 is 0 Å². The number of para-hydroxylation sites is 2. The van der Waals surface area contributed by atoms with Gasteiger partial charge in [0.05, 0.1) is 18.1 Å². The third-order valence-electron chi connectivity index (χ3n) is 4.91. The zero-order valence-electron chi connectivity index (χ0n) is 14.3. The van der Waals surface area contributed by atoms with Gasteiger partial charge in [-0.15, -0.1) is 11.8 Å². The Morgan fingerprint density at radius 1 is 1.17 bits per heavy atom. The summed E-state index contributed by atoms with van der Waals surface area (Å²) in [7, 11) is 0. The van der Waals surface area contributed by atoms with Crippen LogP contribution in [0.1, 0.15) is 26.1 Å². The molecule has 2 aromatic rings. The number of aryl methyl sites for hydroxylation is 2. The van der Waals surface area contributed by atoms with Crippen LogP contribution in [0.25, 0.3) is 16.6 Å². The molecule has 0 N–H and O–H groups in total. The number of aromatic nitrogens is 2. The van der Waals surface area contributed by atoms with E-state index in [4.69, 9.17) is 0 Å². The maximum Gasteiger partial charge on any atom is 0.285 e. The maximum atomic E-state index is 2.49. The molecular formula is C19H24IN3S. The second-order valence-electron chi connectivity index (χ2n) is 6.08. The first-order valence-corrected chi connectivity index (χ1v) is 9.62. The second kappa shape index (κ2) is 7.52. The highest BCUT2D eigenvalue weighted by atomic mass is 127. The summed E-state index contributed by atoms with van der Waals surface area (Å²) in [5.74, 6) is 2.62. The van der Waals surface area contributed by atoms with Crippen LogP contribution in [0.5, 0.6) is 0 Å². The van der Waals surface area contributed by atoms with Gasteiger partial charge in [0.1, 0.15) is 0 Å². The lowest BCUT2D eigenvalue weighted by Crippen LogP contribution is -3.00. The number of rotatable bonds is 3. The fourth-order valence-electron chi connectivity index (χ4n) is 3.79. The van der Waals surface area contributed by atoms with Crippen molar-refractivity contribution in [3.63, 3.8) is 0 Å². The Bertz CT molecular complexity index is 791. The molecule has 0 amide bonds. The number of thioether (sulfide) groups is 1. The normalized spacial score (nSPS) is 20.2. The average molecular weight is 453 g/mol. The highest BCUT2D eigenvalue weighted by Gasteiger charge is 2.31. The van der Waals surface area contributed by atoms with Crippen LogP contribution in [0.2, 0.25) is 0 Å². The van der Waals surface area contributed by atoms with Gasteiger partial charge in [0.25, 0.3) is 5.82 Å². The summed E-state index contributed by atoms with van der Waals surface area (Å²) < 4.78 is 4.95. The third-order valence-corrected chi connectivity index (χ3v) is 5.99. The Hall–Kier alpha value is -0.950. The molecule has 0 bridgehead atoms. The molecule has 3 heterocycles. The molecule has 2 aliphatic rings. The fraction of sp³-hybridized carbons (Fsp3) is 0.421. The van der Waals surface area contributed by atoms with Gasteiger partial charge < -0.3 is 28.9 Å². The van der Waals surface area contributed by atoms with Gasteiger partial charge in [-0.1, -0.05) is 12.1 Å². The molecule has 5 heteroatoms. The number of allylic oxidation sites excluding steroid dienone is 3. The summed E-state index contributed by atoms with van der Waals surface area (Å²) in [6, 6.07) is 8.78. The quantitative estimate of drug-likeness (QED) is 0.500. The predicted octanol–water partition coefficient (Wildman–Crippen LogP) is 0.650. The average Bonchev–Trinajstić information content (AvgIpc) is 3.27. The van der Waals surface area contributed by atoms with Gasteiger partial charge >= 0.3 is 0 Å². The van der Waals surface area contributed by atoms with Crippen molar-refractivity contribution in [2.24, 2.45) is 0 Å². The van der Waals surface area contributed by atoms with E-state index >= 15 is 0 Å². The smallest absolute Gasteiger partial charge is 0.285 e. The molecule has 0 aliphatic carbocycles. The number of nitrogens with zero attached hydrogens (tertiary/aromatic N) is 3. The minimum absolute atomic E-state index is 0. The van der Waals surface area contributed by atoms with Gasteiger partial charge in [-0.25, -0.2) is 9.13 Å². The first kappa shape index (κ1) is 17.9. The molecule has 0 unspecified atom stereocenters. The third kappa shape index (κ3) is 2.90. The molecule has 128 valence electrons. The van der Waals surface area contributed by atoms with E-state index in [9.17, 15) is 0 Å². The number of hydrogen-bond acceptors (Lipinski definition) is 2. The van der Waals surface area contributed by atoms with Crippen LogP contribution in [-0.4, -0.2) is 28.3 Å². The molecule has 1 fully saturated rings. The van der Waals surface area contributed by atoms with Crippen molar-refractivity contribution in [2.45, 2.75) is 33.4 Å². The molecule has 24 heavy (non-hydrogen) atoms. The summed E-state index contributed by atoms with van der Waals surface area (Å²) in [5, 5.41) is 1.43. The molecule has 1 aromatic heterocycles. The van der Waals surface area contributed by atoms with Crippen molar-refractivity contribution in [3.05, 3.63) is 47.3 Å². The highest BCUT2D eigenvalue weighted by Crippen LogP contribution is 2.30. The first-order valence-electron chi connectivity index (χ1n) is 8.63. The second-order valence-corrected chi connectivity index (χ2v) is 7.20. The van der Waals surface area contributed by atoms with Gasteiger partial charge in [-0.3, -0.25) is 0 Å². The number of fused-ring (bicyclic) bond motifs is 3. The van der Waals surface area contributed by atoms with Crippen LogP contribution >= 0.6 is 11.8 Å². The number of hydrogen-bond donors (Lipinski definition) is 0. The van der Waals surface area contributed by atoms with Crippen molar-refractivity contribution < 1.29 is 28.5 Å². The first-order chi connectivity index (χ1) is 11.3. The summed E-state index contributed by atoms with van der Waals surface area (Å²) >= 11 is 1.98. The standard InChI is InChI=1S/C19H24N3S.HI/c1-3-20-13-14-23-18(20)10-9-15-11-12-22-17-8-6-5-7-16(17)21(4-2)19(15)22;/h5-10H,3-4,11-14H2,1-2H3;1H/q+1;/p-1. The number of halogens is 1. The lowest BCUT2D eigenvalue weighted by Gasteiger charge is -2.15. The highest BCUT2D eigenvalue weighted by molar-refractivity contribution is 8.03. The van der Waals surface area contributed by atoms with Gasteiger partial charge in [0.2, 0.25) is 0 Å². The summed E-state index contributed by atoms with van der Waals surface area (Å²) in [4.78, 5) is 2.47. The van der Waals surface area contributed by atoms with Gasteiger partial charge in [0, 0.05) is 30.8 Å². The topological polar surface area (TPSA) is 12.1 Å². The van der Waals surface area contributed by atoms with Crippen LogP contribution in [0.15, 0.2) is 41.4 Å². The van der Waals surface area contributed by atoms with E-state index in [2.05, 4.69) is 64.3 Å². The largest absolute Gasteiger partial charge is 1.00 e. The molecule has 3 nitrogen and oxygen atoms in total. The fourth-order valence-corrected chi connectivity index (χ4v) is 4.88. The lowest BCUT2D eigenvalue weighted by atomic mass is 10.2. The van der Waals surface area contributed by atoms with E-state index in [1.54, 1.807) is 0 Å². The molecule has 0 atom stereocenters. The molecule has 0 radical (unpaired) electrons. The molecule has 4 rings (SSSR count). The Kier molecular flexibility index (Phi) is 5.59. The molecule has 1 saturated heterocycles. The van der Waals surface area contributed by atoms with E-state index in [1.165, 1.54) is 39.8 Å². The van der Waals surface area contributed by atoms with Gasteiger partial charge in [-0.2, -0.15) is 0 Å². The van der Waals surface area contributed by atoms with Gasteiger partial charge in [0.15, 0.2) is 11.0 Å². The van der Waals surface area contributed by atoms with Crippen LogP contribution in [-0.2, 0) is 13.1 Å². The van der Waals surface area contributed by atoms with Crippen LogP contribution in [0, 0.1) is 0 Å². The Balaban J connectivity index is 0.00000169. The zero-order chi connectivity index (χ0) is 15.8. The molecule has 0 spiro atoms. The Labute approximate surface area is 165 Å². The van der Waals surface area contributed by atoms with Gasteiger partial charge in [-0.05, 0) is 38.1 Å². The number of imidazole rings is 1. The molecule has 2 aliphatic heterocycles. The Morgan fingerprint density at radius 2 is 2.00 bits per heavy atom. The molecule has 1 aromatic carbocycles. The van der Waals surface area contributed by atoms with Crippen LogP contribution < -0.4 is 28.5 Å². The maximum absolute atomic E-state index is 2.49.